The Morgan fingerprint density at radius 1 is 1.15 bits per heavy atom. The van der Waals surface area contributed by atoms with Crippen LogP contribution in [0.5, 0.6) is 0 Å². The van der Waals surface area contributed by atoms with E-state index >= 15 is 0 Å². The number of hydrogen-bond donors (Lipinski definition) is 0. The number of ether oxygens (including phenoxy) is 1. The maximum Gasteiger partial charge on any atom is 0.339 e. The van der Waals surface area contributed by atoms with Crippen LogP contribution in [-0.2, 0) is 14.8 Å². The molecule has 2 fully saturated rings. The van der Waals surface area contributed by atoms with E-state index < -0.39 is 16.0 Å². The third kappa shape index (κ3) is 3.87. The smallest absolute Gasteiger partial charge is 0.339 e. The van der Waals surface area contributed by atoms with E-state index in [9.17, 15) is 18.0 Å². The molecule has 2 aromatic heterocycles. The fourth-order valence-corrected chi connectivity index (χ4v) is 6.78. The number of hydrogen-bond acceptors (Lipinski definition) is 9. The largest absolute Gasteiger partial charge is 0.462 e. The van der Waals surface area contributed by atoms with Crippen LogP contribution in [0.2, 0.25) is 0 Å². The Bertz CT molecular complexity index is 1340. The van der Waals surface area contributed by atoms with Gasteiger partial charge >= 0.3 is 5.97 Å². The first-order valence-corrected chi connectivity index (χ1v) is 12.9. The molecule has 34 heavy (non-hydrogen) atoms. The van der Waals surface area contributed by atoms with Crippen LogP contribution in [0.4, 0.5) is 0 Å². The molecule has 10 nitrogen and oxygen atoms in total. The van der Waals surface area contributed by atoms with Crippen molar-refractivity contribution in [3.05, 3.63) is 59.4 Å². The van der Waals surface area contributed by atoms with E-state index in [4.69, 9.17) is 4.74 Å². The highest BCUT2D eigenvalue weighted by Gasteiger charge is 2.53. The summed E-state index contributed by atoms with van der Waals surface area (Å²) >= 11 is 1.03. The van der Waals surface area contributed by atoms with Gasteiger partial charge in [-0.05, 0) is 24.5 Å². The quantitative estimate of drug-likeness (QED) is 0.472. The number of nitrogens with zero attached hydrogens (tertiary/aromatic N) is 5. The zero-order valence-corrected chi connectivity index (χ0v) is 19.8. The monoisotopic (exact) mass is 499 g/mol. The van der Waals surface area contributed by atoms with E-state index in [0.717, 1.165) is 17.1 Å². The highest BCUT2D eigenvalue weighted by atomic mass is 32.2. The van der Waals surface area contributed by atoms with Crippen molar-refractivity contribution in [1.82, 2.24) is 23.5 Å². The number of amides is 1. The molecular formula is C22H21N5O5S2. The predicted octanol–water partition coefficient (Wildman–Crippen LogP) is 1.92. The highest BCUT2D eigenvalue weighted by molar-refractivity contribution is 7.89. The molecule has 3 aromatic rings. The van der Waals surface area contributed by atoms with Crippen molar-refractivity contribution < 1.29 is 22.7 Å². The number of likely N-dealkylation sites (tertiary alicyclic amines) is 1. The summed E-state index contributed by atoms with van der Waals surface area (Å²) in [4.78, 5) is 35.0. The normalized spacial score (nSPS) is 20.0. The molecule has 0 aliphatic carbocycles. The number of fused-ring (bicyclic) bond motifs is 1. The zero-order valence-electron chi connectivity index (χ0n) is 18.2. The van der Waals surface area contributed by atoms with Crippen LogP contribution in [0.25, 0.3) is 11.4 Å². The van der Waals surface area contributed by atoms with Crippen molar-refractivity contribution >= 4 is 33.4 Å². The molecule has 1 aromatic carbocycles. The maximum atomic E-state index is 13.3. The molecule has 176 valence electrons. The fourth-order valence-electron chi connectivity index (χ4n) is 4.27. The summed E-state index contributed by atoms with van der Waals surface area (Å²) in [6.07, 6.45) is 2.52. The lowest BCUT2D eigenvalue weighted by molar-refractivity contribution is 0.0520. The molecule has 0 unspecified atom stereocenters. The number of aromatic nitrogens is 3. The summed E-state index contributed by atoms with van der Waals surface area (Å²) in [5, 5.41) is 0.270. The second kappa shape index (κ2) is 8.85. The molecule has 2 saturated heterocycles. The average Bonchev–Trinajstić information content (AvgIpc) is 3.45. The number of sulfonamides is 1. The van der Waals surface area contributed by atoms with E-state index in [1.54, 1.807) is 11.8 Å². The zero-order chi connectivity index (χ0) is 23.9. The lowest BCUT2D eigenvalue weighted by atomic mass is 9.96. The van der Waals surface area contributed by atoms with Crippen molar-refractivity contribution in [1.29, 1.82) is 0 Å². The number of pyridine rings is 1. The summed E-state index contributed by atoms with van der Waals surface area (Å²) in [6.45, 7) is 2.73. The van der Waals surface area contributed by atoms with Crippen molar-refractivity contribution in [2.24, 2.45) is 5.92 Å². The lowest BCUT2D eigenvalue weighted by Crippen LogP contribution is -2.58. The van der Waals surface area contributed by atoms with Gasteiger partial charge in [0.05, 0.1) is 12.2 Å². The van der Waals surface area contributed by atoms with E-state index in [-0.39, 0.29) is 53.0 Å². The lowest BCUT2D eigenvalue weighted by Gasteiger charge is -2.41. The maximum absolute atomic E-state index is 13.3. The van der Waals surface area contributed by atoms with Gasteiger partial charge in [0.15, 0.2) is 5.82 Å². The number of carbonyl (C=O) groups is 2. The van der Waals surface area contributed by atoms with Crippen LogP contribution < -0.4 is 0 Å². The highest BCUT2D eigenvalue weighted by Crippen LogP contribution is 2.38. The molecule has 0 bridgehead atoms. The first kappa shape index (κ1) is 22.6. The van der Waals surface area contributed by atoms with Gasteiger partial charge in [-0.15, -0.1) is 0 Å². The Morgan fingerprint density at radius 3 is 2.71 bits per heavy atom. The molecular weight excluding hydrogens is 478 g/mol. The van der Waals surface area contributed by atoms with Crippen LogP contribution in [0, 0.1) is 5.92 Å². The summed E-state index contributed by atoms with van der Waals surface area (Å²) < 4.78 is 37.3. The van der Waals surface area contributed by atoms with Gasteiger partial charge < -0.3 is 9.64 Å². The van der Waals surface area contributed by atoms with E-state index in [0.29, 0.717) is 12.4 Å². The first-order chi connectivity index (χ1) is 16.4. The van der Waals surface area contributed by atoms with Crippen LogP contribution in [0.1, 0.15) is 27.1 Å². The van der Waals surface area contributed by atoms with Crippen LogP contribution in [0.3, 0.4) is 0 Å². The molecule has 4 heterocycles. The van der Waals surface area contributed by atoms with Crippen LogP contribution >= 0.6 is 11.5 Å². The van der Waals surface area contributed by atoms with Crippen molar-refractivity contribution in [2.75, 3.05) is 26.2 Å². The molecule has 2 aliphatic heterocycles. The first-order valence-electron chi connectivity index (χ1n) is 10.7. The molecule has 0 N–H and O–H groups in total. The molecule has 0 saturated carbocycles. The molecule has 12 heteroatoms. The topological polar surface area (TPSA) is 123 Å². The van der Waals surface area contributed by atoms with Gasteiger partial charge in [0, 0.05) is 49.6 Å². The Balaban J connectivity index is 1.32. The second-order valence-electron chi connectivity index (χ2n) is 7.99. The van der Waals surface area contributed by atoms with E-state index in [1.165, 1.54) is 22.8 Å². The van der Waals surface area contributed by atoms with E-state index in [1.807, 2.05) is 30.3 Å². The van der Waals surface area contributed by atoms with Gasteiger partial charge in [-0.25, -0.2) is 18.2 Å². The van der Waals surface area contributed by atoms with E-state index in [2.05, 4.69) is 14.3 Å². The predicted molar refractivity (Wildman–Crippen MR) is 123 cm³/mol. The standard InChI is InChI=1S/C22H21N5O5S2/c1-2-32-22(29)16-8-9-23-10-18(16)34(30,31)27-12-15-11-26(13-17(15)27)21(28)20-24-19(25-33-20)14-6-4-3-5-7-14/h3-10,15,17H,2,11-13H2,1H3/t15-,17+/m0/s1. The van der Waals surface area contributed by atoms with Gasteiger partial charge in [0.2, 0.25) is 15.0 Å². The molecule has 1 amide bonds. The minimum Gasteiger partial charge on any atom is -0.462 e. The Morgan fingerprint density at radius 2 is 1.94 bits per heavy atom. The van der Waals surface area contributed by atoms with Crippen molar-refractivity contribution in [3.63, 3.8) is 0 Å². The molecule has 2 aliphatic rings. The minimum atomic E-state index is -3.99. The summed E-state index contributed by atoms with van der Waals surface area (Å²) in [7, 11) is -3.99. The SMILES string of the molecule is CCOC(=O)c1ccncc1S(=O)(=O)N1C[C@@H]2CN(C(=O)c3nc(-c4ccccc4)ns3)C[C@H]21. The van der Waals surface area contributed by atoms with Gasteiger partial charge in [-0.3, -0.25) is 9.78 Å². The molecule has 2 atom stereocenters. The summed E-state index contributed by atoms with van der Waals surface area (Å²) in [6, 6.07) is 10.4. The van der Waals surface area contributed by atoms with Gasteiger partial charge in [-0.1, -0.05) is 30.3 Å². The number of esters is 1. The third-order valence-corrected chi connectivity index (χ3v) is 8.61. The second-order valence-corrected chi connectivity index (χ2v) is 10.6. The summed E-state index contributed by atoms with van der Waals surface area (Å²) in [5.41, 5.74) is 0.777. The van der Waals surface area contributed by atoms with Crippen molar-refractivity contribution in [3.8, 4) is 11.4 Å². The van der Waals surface area contributed by atoms with Gasteiger partial charge in [0.25, 0.3) is 5.91 Å². The third-order valence-electron chi connectivity index (χ3n) is 5.99. The molecule has 0 radical (unpaired) electrons. The van der Waals surface area contributed by atoms with Crippen LogP contribution in [-0.4, -0.2) is 76.1 Å². The average molecular weight is 500 g/mol. The van der Waals surface area contributed by atoms with Gasteiger partial charge in [-0.2, -0.15) is 8.68 Å². The Labute approximate surface area is 200 Å². The fraction of sp³-hybridized carbons (Fsp3) is 0.318. The number of benzene rings is 1. The number of rotatable bonds is 6. The Kier molecular flexibility index (Phi) is 5.88. The van der Waals surface area contributed by atoms with Crippen molar-refractivity contribution in [2.45, 2.75) is 17.9 Å². The van der Waals surface area contributed by atoms with Crippen LogP contribution in [0.15, 0.2) is 53.7 Å². The molecule has 0 spiro atoms. The molecule has 5 rings (SSSR count). The minimum absolute atomic E-state index is 0.0166. The number of carbonyl (C=O) groups excluding carboxylic acids is 2. The van der Waals surface area contributed by atoms with Gasteiger partial charge in [0.1, 0.15) is 4.90 Å². The summed E-state index contributed by atoms with van der Waals surface area (Å²) in [5.74, 6) is -0.472. The Hall–Kier alpha value is -3.22.